The molecule has 0 atom stereocenters. The van der Waals surface area contributed by atoms with Gasteiger partial charge in [0.25, 0.3) is 0 Å². The molecule has 0 spiro atoms. The van der Waals surface area contributed by atoms with Crippen LogP contribution in [-0.2, 0) is 29.1 Å². The van der Waals surface area contributed by atoms with Gasteiger partial charge in [0.15, 0.2) is 0 Å². The van der Waals surface area contributed by atoms with Crippen molar-refractivity contribution in [2.75, 3.05) is 13.1 Å². The summed E-state index contributed by atoms with van der Waals surface area (Å²) in [5.41, 5.74) is 1.78. The summed E-state index contributed by atoms with van der Waals surface area (Å²) in [4.78, 5) is 30.6. The number of carbonyl (C=O) groups excluding carboxylic acids is 2. The van der Waals surface area contributed by atoms with Crippen molar-refractivity contribution in [2.45, 2.75) is 32.9 Å². The Hall–Kier alpha value is -2.99. The van der Waals surface area contributed by atoms with Gasteiger partial charge in [-0.05, 0) is 41.1 Å². The van der Waals surface area contributed by atoms with E-state index in [1.807, 2.05) is 54.8 Å². The summed E-state index contributed by atoms with van der Waals surface area (Å²) in [5, 5.41) is 2.00. The fraction of sp³-hybridized carbons (Fsp3) is 0.280. The molecule has 2 aromatic carbocycles. The van der Waals surface area contributed by atoms with Gasteiger partial charge in [0, 0.05) is 18.0 Å². The van der Waals surface area contributed by atoms with Gasteiger partial charge in [-0.1, -0.05) is 55.5 Å². The largest absolute Gasteiger partial charge is 0.333 e. The highest BCUT2D eigenvalue weighted by Gasteiger charge is 2.22. The fourth-order valence-electron chi connectivity index (χ4n) is 3.34. The molecule has 0 aliphatic carbocycles. The van der Waals surface area contributed by atoms with Crippen LogP contribution in [0.3, 0.4) is 0 Å². The predicted octanol–water partition coefficient (Wildman–Crippen LogP) is 4.90. The molecule has 0 fully saturated rings. The summed E-state index contributed by atoms with van der Waals surface area (Å²) in [5.74, 6) is -0.544. The lowest BCUT2D eigenvalue weighted by atomic mass is 10.1. The molecule has 162 valence electrons. The molecule has 1 heterocycles. The Kier molecular flexibility index (Phi) is 8.35. The van der Waals surface area contributed by atoms with E-state index >= 15 is 0 Å². The van der Waals surface area contributed by atoms with E-state index in [0.29, 0.717) is 19.6 Å². The summed E-state index contributed by atoms with van der Waals surface area (Å²) in [6.45, 7) is 3.52. The maximum Gasteiger partial charge on any atom is 0.242 e. The maximum absolute atomic E-state index is 13.2. The van der Waals surface area contributed by atoms with Crippen molar-refractivity contribution in [3.63, 3.8) is 0 Å². The van der Waals surface area contributed by atoms with E-state index in [9.17, 15) is 14.0 Å². The summed E-state index contributed by atoms with van der Waals surface area (Å²) < 4.78 is 13.2. The first-order valence-corrected chi connectivity index (χ1v) is 11.3. The van der Waals surface area contributed by atoms with Gasteiger partial charge in [-0.25, -0.2) is 4.39 Å². The molecule has 4 nitrogen and oxygen atoms in total. The lowest BCUT2D eigenvalue weighted by Gasteiger charge is -2.27. The molecular formula is C25H27FN2O2S. The van der Waals surface area contributed by atoms with Crippen LogP contribution in [0.2, 0.25) is 0 Å². The minimum absolute atomic E-state index is 0.0338. The maximum atomic E-state index is 13.2. The quantitative estimate of drug-likeness (QED) is 0.452. The van der Waals surface area contributed by atoms with Crippen LogP contribution in [0.5, 0.6) is 0 Å². The second-order valence-corrected chi connectivity index (χ2v) is 8.47. The van der Waals surface area contributed by atoms with E-state index in [4.69, 9.17) is 0 Å². The average molecular weight is 439 g/mol. The average Bonchev–Trinajstić information content (AvgIpc) is 3.28. The van der Waals surface area contributed by atoms with E-state index in [1.54, 1.807) is 33.3 Å². The first-order valence-electron chi connectivity index (χ1n) is 10.4. The van der Waals surface area contributed by atoms with Gasteiger partial charge in [0.2, 0.25) is 11.8 Å². The number of rotatable bonds is 10. The van der Waals surface area contributed by atoms with Crippen molar-refractivity contribution in [1.29, 1.82) is 0 Å². The zero-order valence-corrected chi connectivity index (χ0v) is 18.5. The van der Waals surface area contributed by atoms with Gasteiger partial charge in [-0.15, -0.1) is 11.3 Å². The van der Waals surface area contributed by atoms with E-state index in [1.165, 1.54) is 12.1 Å². The van der Waals surface area contributed by atoms with E-state index < -0.39 is 0 Å². The van der Waals surface area contributed by atoms with Gasteiger partial charge in [-0.2, -0.15) is 0 Å². The van der Waals surface area contributed by atoms with Crippen molar-refractivity contribution < 1.29 is 14.0 Å². The molecule has 1 aromatic heterocycles. The minimum atomic E-state index is -0.332. The number of benzene rings is 2. The van der Waals surface area contributed by atoms with Crippen LogP contribution >= 0.6 is 11.3 Å². The van der Waals surface area contributed by atoms with Gasteiger partial charge in [0.05, 0.1) is 19.5 Å². The van der Waals surface area contributed by atoms with Crippen LogP contribution in [0.1, 0.15) is 29.3 Å². The SMILES string of the molecule is CCCN(CC(=O)N(Cc1ccccc1)Cc1cccs1)C(=O)Cc1ccc(F)cc1. The zero-order valence-electron chi connectivity index (χ0n) is 17.7. The molecule has 31 heavy (non-hydrogen) atoms. The van der Waals surface area contributed by atoms with Crippen LogP contribution in [0.4, 0.5) is 4.39 Å². The molecule has 2 amide bonds. The monoisotopic (exact) mass is 438 g/mol. The molecule has 6 heteroatoms. The summed E-state index contributed by atoms with van der Waals surface area (Å²) in [6.07, 6.45) is 0.906. The van der Waals surface area contributed by atoms with E-state index in [0.717, 1.165) is 22.4 Å². The Labute approximate surface area is 186 Å². The molecule has 0 aliphatic heterocycles. The lowest BCUT2D eigenvalue weighted by molar-refractivity contribution is -0.141. The summed E-state index contributed by atoms with van der Waals surface area (Å²) >= 11 is 1.61. The zero-order chi connectivity index (χ0) is 22.1. The van der Waals surface area contributed by atoms with Crippen LogP contribution in [0, 0.1) is 5.82 Å². The number of hydrogen-bond acceptors (Lipinski definition) is 3. The molecule has 0 radical (unpaired) electrons. The Morgan fingerprint density at radius 1 is 0.839 bits per heavy atom. The smallest absolute Gasteiger partial charge is 0.242 e. The Balaban J connectivity index is 1.71. The minimum Gasteiger partial charge on any atom is -0.333 e. The number of halogens is 1. The topological polar surface area (TPSA) is 40.6 Å². The standard InChI is InChI=1S/C25H27FN2O2S/c1-2-14-27(24(29)16-20-10-12-22(26)13-11-20)19-25(30)28(18-23-9-6-15-31-23)17-21-7-4-3-5-8-21/h3-13,15H,2,14,16-19H2,1H3. The molecule has 0 saturated carbocycles. The Bertz CT molecular complexity index is 959. The number of carbonyl (C=O) groups is 2. The fourth-order valence-corrected chi connectivity index (χ4v) is 4.06. The molecule has 0 aliphatic rings. The van der Waals surface area contributed by atoms with Crippen molar-refractivity contribution in [3.8, 4) is 0 Å². The molecule has 0 unspecified atom stereocenters. The van der Waals surface area contributed by atoms with Crippen molar-refractivity contribution in [3.05, 3.63) is 93.9 Å². The Morgan fingerprint density at radius 3 is 2.23 bits per heavy atom. The first-order chi connectivity index (χ1) is 15.0. The van der Waals surface area contributed by atoms with Crippen LogP contribution in [-0.4, -0.2) is 34.7 Å². The predicted molar refractivity (Wildman–Crippen MR) is 122 cm³/mol. The lowest BCUT2D eigenvalue weighted by Crippen LogP contribution is -2.43. The third-order valence-corrected chi connectivity index (χ3v) is 5.80. The van der Waals surface area contributed by atoms with Crippen molar-refractivity contribution >= 4 is 23.2 Å². The highest BCUT2D eigenvalue weighted by molar-refractivity contribution is 7.09. The van der Waals surface area contributed by atoms with Crippen LogP contribution in [0.25, 0.3) is 0 Å². The van der Waals surface area contributed by atoms with Crippen molar-refractivity contribution in [2.24, 2.45) is 0 Å². The molecule has 3 aromatic rings. The number of amides is 2. The summed E-state index contributed by atoms with van der Waals surface area (Å²) in [7, 11) is 0. The number of nitrogens with zero attached hydrogens (tertiary/aromatic N) is 2. The van der Waals surface area contributed by atoms with Crippen molar-refractivity contribution in [1.82, 2.24) is 9.80 Å². The third kappa shape index (κ3) is 7.03. The van der Waals surface area contributed by atoms with Gasteiger partial charge in [-0.3, -0.25) is 9.59 Å². The third-order valence-electron chi connectivity index (χ3n) is 4.94. The highest BCUT2D eigenvalue weighted by Crippen LogP contribution is 2.16. The molecule has 0 bridgehead atoms. The first kappa shape index (κ1) is 22.7. The second kappa shape index (κ2) is 11.4. The van der Waals surface area contributed by atoms with Crippen LogP contribution in [0.15, 0.2) is 72.1 Å². The van der Waals surface area contributed by atoms with Gasteiger partial charge in [0.1, 0.15) is 5.82 Å². The highest BCUT2D eigenvalue weighted by atomic mass is 32.1. The Morgan fingerprint density at radius 2 is 1.58 bits per heavy atom. The summed E-state index contributed by atoms with van der Waals surface area (Å²) in [6, 6.07) is 19.8. The molecule has 0 N–H and O–H groups in total. The number of hydrogen-bond donors (Lipinski definition) is 0. The van der Waals surface area contributed by atoms with E-state index in [-0.39, 0.29) is 30.6 Å². The molecular weight excluding hydrogens is 411 g/mol. The molecule has 3 rings (SSSR count). The van der Waals surface area contributed by atoms with Gasteiger partial charge >= 0.3 is 0 Å². The van der Waals surface area contributed by atoms with Crippen LogP contribution < -0.4 is 0 Å². The second-order valence-electron chi connectivity index (χ2n) is 7.43. The molecule has 0 saturated heterocycles. The number of thiophene rings is 1. The van der Waals surface area contributed by atoms with Gasteiger partial charge < -0.3 is 9.80 Å². The van der Waals surface area contributed by atoms with E-state index in [2.05, 4.69) is 0 Å². The normalized spacial score (nSPS) is 10.6.